The van der Waals surface area contributed by atoms with E-state index in [1.54, 1.807) is 0 Å². The van der Waals surface area contributed by atoms with Crippen molar-refractivity contribution < 1.29 is 0 Å². The van der Waals surface area contributed by atoms with Crippen molar-refractivity contribution in [2.75, 3.05) is 0 Å². The van der Waals surface area contributed by atoms with Gasteiger partial charge in [-0.2, -0.15) is 0 Å². The van der Waals surface area contributed by atoms with Gasteiger partial charge in [-0.25, -0.2) is 0 Å². The van der Waals surface area contributed by atoms with E-state index in [9.17, 15) is 0 Å². The fourth-order valence-corrected chi connectivity index (χ4v) is 2.78. The minimum Gasteiger partial charge on any atom is -0.0955 e. The van der Waals surface area contributed by atoms with Crippen molar-refractivity contribution in [1.82, 2.24) is 0 Å². The molecule has 0 atom stereocenters. The summed E-state index contributed by atoms with van der Waals surface area (Å²) in [7, 11) is 0. The highest BCUT2D eigenvalue weighted by molar-refractivity contribution is 5.76. The van der Waals surface area contributed by atoms with Crippen LogP contribution in [0.4, 0.5) is 0 Å². The summed E-state index contributed by atoms with van der Waals surface area (Å²) in [6, 6.07) is 13.1. The average molecular weight is 377 g/mol. The Labute approximate surface area is 174 Å². The standard InChI is InChI=1S/C18H20.C8H14.C2H6/c1-12(2)16-9-10-17(15(5)11-16)18-13(3)7-6-8-14(18)4;1-7(2)5-6-8(3)4;1-2/h6-11H,1H2,2-5H3;5-6H,1-4H3;1-2H3. The van der Waals surface area contributed by atoms with E-state index in [0.717, 1.165) is 5.57 Å². The molecule has 0 heterocycles. The highest BCUT2D eigenvalue weighted by Crippen LogP contribution is 2.31. The van der Waals surface area contributed by atoms with E-state index in [-0.39, 0.29) is 0 Å². The summed E-state index contributed by atoms with van der Waals surface area (Å²) in [6.45, 7) is 25.0. The lowest BCUT2D eigenvalue weighted by Crippen LogP contribution is -1.92. The molecule has 0 spiro atoms. The summed E-state index contributed by atoms with van der Waals surface area (Å²) in [5.41, 5.74) is 11.7. The molecule has 0 bridgehead atoms. The predicted molar refractivity (Wildman–Crippen MR) is 131 cm³/mol. The smallest absolute Gasteiger partial charge is 0.0123 e. The van der Waals surface area contributed by atoms with Crippen LogP contribution in [0.1, 0.15) is 70.7 Å². The van der Waals surface area contributed by atoms with Crippen LogP contribution >= 0.6 is 0 Å². The molecule has 0 amide bonds. The third-order valence-electron chi connectivity index (χ3n) is 4.22. The quantitative estimate of drug-likeness (QED) is 0.468. The van der Waals surface area contributed by atoms with Gasteiger partial charge in [0.25, 0.3) is 0 Å². The zero-order valence-corrected chi connectivity index (χ0v) is 19.8. The Morgan fingerprint density at radius 1 is 0.714 bits per heavy atom. The van der Waals surface area contributed by atoms with Crippen LogP contribution in [-0.4, -0.2) is 0 Å². The number of benzene rings is 2. The normalized spacial score (nSPS) is 9.21. The number of rotatable bonds is 3. The SMILES string of the molecule is C=C(C)c1ccc(-c2c(C)cccc2C)c(C)c1.CC.CC(C)=CC=C(C)C. The second-order valence-electron chi connectivity index (χ2n) is 7.56. The molecule has 0 saturated carbocycles. The molecule has 152 valence electrons. The van der Waals surface area contributed by atoms with E-state index in [2.05, 4.69) is 104 Å². The summed E-state index contributed by atoms with van der Waals surface area (Å²) in [5.74, 6) is 0. The first-order chi connectivity index (χ1) is 13.1. The highest BCUT2D eigenvalue weighted by atomic mass is 14.1. The molecule has 0 aliphatic carbocycles. The summed E-state index contributed by atoms with van der Waals surface area (Å²) >= 11 is 0. The molecule has 0 radical (unpaired) electrons. The van der Waals surface area contributed by atoms with E-state index in [0.29, 0.717) is 0 Å². The van der Waals surface area contributed by atoms with Gasteiger partial charge in [0.05, 0.1) is 0 Å². The largest absolute Gasteiger partial charge is 0.0955 e. The molecule has 0 nitrogen and oxygen atoms in total. The maximum Gasteiger partial charge on any atom is -0.0123 e. The van der Waals surface area contributed by atoms with Gasteiger partial charge >= 0.3 is 0 Å². The second-order valence-corrected chi connectivity index (χ2v) is 7.56. The fraction of sp³-hybridized carbons (Fsp3) is 0.357. The zero-order chi connectivity index (χ0) is 21.9. The monoisotopic (exact) mass is 376 g/mol. The average Bonchev–Trinajstić information content (AvgIpc) is 2.63. The molecular formula is C28H40. The zero-order valence-electron chi connectivity index (χ0n) is 19.8. The lowest BCUT2D eigenvalue weighted by Gasteiger charge is -2.14. The fourth-order valence-electron chi connectivity index (χ4n) is 2.78. The molecule has 0 fully saturated rings. The number of hydrogen-bond acceptors (Lipinski definition) is 0. The minimum absolute atomic E-state index is 1.12. The molecule has 0 aromatic heterocycles. The molecule has 2 aromatic carbocycles. The van der Waals surface area contributed by atoms with E-state index < -0.39 is 0 Å². The van der Waals surface area contributed by atoms with E-state index in [4.69, 9.17) is 0 Å². The van der Waals surface area contributed by atoms with Gasteiger partial charge < -0.3 is 0 Å². The molecular weight excluding hydrogens is 336 g/mol. The van der Waals surface area contributed by atoms with Crippen molar-refractivity contribution in [2.45, 2.75) is 69.2 Å². The van der Waals surface area contributed by atoms with Crippen molar-refractivity contribution >= 4 is 5.57 Å². The predicted octanol–water partition coefficient (Wildman–Crippen LogP) is 9.26. The first-order valence-corrected chi connectivity index (χ1v) is 10.2. The van der Waals surface area contributed by atoms with Crippen LogP contribution in [0.5, 0.6) is 0 Å². The Morgan fingerprint density at radius 2 is 1.18 bits per heavy atom. The number of hydrogen-bond donors (Lipinski definition) is 0. The highest BCUT2D eigenvalue weighted by Gasteiger charge is 2.08. The molecule has 0 heteroatoms. The maximum atomic E-state index is 4.00. The van der Waals surface area contributed by atoms with Gasteiger partial charge in [0.2, 0.25) is 0 Å². The first kappa shape index (κ1) is 25.7. The third kappa shape index (κ3) is 8.57. The second kappa shape index (κ2) is 12.9. The summed E-state index contributed by atoms with van der Waals surface area (Å²) < 4.78 is 0. The van der Waals surface area contributed by atoms with Gasteiger partial charge in [-0.1, -0.05) is 85.7 Å². The van der Waals surface area contributed by atoms with Crippen molar-refractivity contribution in [3.63, 3.8) is 0 Å². The Morgan fingerprint density at radius 3 is 1.54 bits per heavy atom. The summed E-state index contributed by atoms with van der Waals surface area (Å²) in [5, 5.41) is 0. The van der Waals surface area contributed by atoms with Crippen molar-refractivity contribution in [3.05, 3.63) is 88.5 Å². The lowest BCUT2D eigenvalue weighted by molar-refractivity contribution is 1.35. The molecule has 0 N–H and O–H groups in total. The van der Waals surface area contributed by atoms with Crippen LogP contribution in [0.25, 0.3) is 16.7 Å². The van der Waals surface area contributed by atoms with Gasteiger partial charge in [0.1, 0.15) is 0 Å². The molecule has 0 aliphatic rings. The Hall–Kier alpha value is -2.34. The van der Waals surface area contributed by atoms with Crippen LogP contribution in [0.15, 0.2) is 66.3 Å². The minimum atomic E-state index is 1.12. The molecule has 2 aromatic rings. The van der Waals surface area contributed by atoms with Gasteiger partial charge in [-0.3, -0.25) is 0 Å². The lowest BCUT2D eigenvalue weighted by atomic mass is 9.91. The summed E-state index contributed by atoms with van der Waals surface area (Å²) in [4.78, 5) is 0. The van der Waals surface area contributed by atoms with Crippen molar-refractivity contribution in [3.8, 4) is 11.1 Å². The van der Waals surface area contributed by atoms with Crippen molar-refractivity contribution in [1.29, 1.82) is 0 Å². The van der Waals surface area contributed by atoms with Gasteiger partial charge in [0.15, 0.2) is 0 Å². The van der Waals surface area contributed by atoms with E-state index in [1.165, 1.54) is 44.5 Å². The van der Waals surface area contributed by atoms with E-state index >= 15 is 0 Å². The van der Waals surface area contributed by atoms with Gasteiger partial charge in [0, 0.05) is 0 Å². The summed E-state index contributed by atoms with van der Waals surface area (Å²) in [6.07, 6.45) is 4.24. The van der Waals surface area contributed by atoms with Crippen LogP contribution in [0.3, 0.4) is 0 Å². The Bertz CT molecular complexity index is 785. The molecule has 28 heavy (non-hydrogen) atoms. The van der Waals surface area contributed by atoms with Crippen LogP contribution < -0.4 is 0 Å². The van der Waals surface area contributed by atoms with Gasteiger partial charge in [-0.15, -0.1) is 0 Å². The molecule has 0 saturated heterocycles. The molecule has 2 rings (SSSR count). The number of aryl methyl sites for hydroxylation is 3. The third-order valence-corrected chi connectivity index (χ3v) is 4.22. The topological polar surface area (TPSA) is 0 Å². The Kier molecular flexibility index (Phi) is 11.9. The van der Waals surface area contributed by atoms with E-state index in [1.807, 2.05) is 20.8 Å². The molecule has 0 unspecified atom stereocenters. The van der Waals surface area contributed by atoms with Crippen LogP contribution in [0, 0.1) is 20.8 Å². The van der Waals surface area contributed by atoms with Crippen LogP contribution in [-0.2, 0) is 0 Å². The first-order valence-electron chi connectivity index (χ1n) is 10.2. The van der Waals surface area contributed by atoms with Crippen LogP contribution in [0.2, 0.25) is 0 Å². The van der Waals surface area contributed by atoms with Gasteiger partial charge in [-0.05, 0) is 88.8 Å². The molecule has 0 aliphatic heterocycles. The number of allylic oxidation sites excluding steroid dienone is 5. The Balaban J connectivity index is 0.000000618. The van der Waals surface area contributed by atoms with Crippen molar-refractivity contribution in [2.24, 2.45) is 0 Å². The maximum absolute atomic E-state index is 4.00.